The fourth-order valence-corrected chi connectivity index (χ4v) is 2.52. The lowest BCUT2D eigenvalue weighted by Crippen LogP contribution is -2.23. The third-order valence-electron chi connectivity index (χ3n) is 2.53. The van der Waals surface area contributed by atoms with Gasteiger partial charge in [0.15, 0.2) is 0 Å². The van der Waals surface area contributed by atoms with E-state index in [4.69, 9.17) is 10.2 Å². The van der Waals surface area contributed by atoms with Gasteiger partial charge in [-0.25, -0.2) is 13.1 Å². The van der Waals surface area contributed by atoms with Crippen molar-refractivity contribution < 1.29 is 17.8 Å². The monoisotopic (exact) mass is 297 g/mol. The minimum Gasteiger partial charge on any atom is -0.468 e. The average molecular weight is 297 g/mol. The van der Waals surface area contributed by atoms with Crippen molar-refractivity contribution in [1.29, 1.82) is 0 Å². The smallest absolute Gasteiger partial charge is 0.293 e. The number of nitrogens with two attached hydrogens (primary N) is 1. The Morgan fingerprint density at radius 3 is 2.70 bits per heavy atom. The average Bonchev–Trinajstić information content (AvgIpc) is 2.89. The number of nitro benzene ring substituents is 1. The van der Waals surface area contributed by atoms with Gasteiger partial charge in [-0.1, -0.05) is 0 Å². The lowest BCUT2D eigenvalue weighted by molar-refractivity contribution is -0.384. The first-order valence-corrected chi connectivity index (χ1v) is 6.94. The fourth-order valence-electron chi connectivity index (χ4n) is 1.51. The number of sulfonamides is 1. The highest BCUT2D eigenvalue weighted by atomic mass is 32.2. The Labute approximate surface area is 114 Å². The summed E-state index contributed by atoms with van der Waals surface area (Å²) in [5, 5.41) is 10.7. The Morgan fingerprint density at radius 2 is 2.10 bits per heavy atom. The molecular weight excluding hydrogens is 286 g/mol. The summed E-state index contributed by atoms with van der Waals surface area (Å²) >= 11 is 0. The maximum absolute atomic E-state index is 12.0. The molecule has 1 heterocycles. The zero-order chi connectivity index (χ0) is 14.8. The Balaban J connectivity index is 2.25. The molecule has 2 rings (SSSR count). The number of nitrogens with zero attached hydrogens (tertiary/aromatic N) is 1. The van der Waals surface area contributed by atoms with Crippen molar-refractivity contribution in [2.24, 2.45) is 0 Å². The standard InChI is InChI=1S/C11H11N3O5S/c12-10-4-3-9(6-11(10)14(15)16)20(17,18)13-7-8-2-1-5-19-8/h1-6,13H,7,12H2. The van der Waals surface area contributed by atoms with E-state index >= 15 is 0 Å². The molecule has 20 heavy (non-hydrogen) atoms. The molecule has 1 aromatic heterocycles. The predicted octanol–water partition coefficient (Wildman–Crippen LogP) is 1.25. The zero-order valence-electron chi connectivity index (χ0n) is 10.1. The lowest BCUT2D eigenvalue weighted by atomic mass is 10.3. The van der Waals surface area contributed by atoms with Crippen LogP contribution >= 0.6 is 0 Å². The number of furan rings is 1. The number of nitrogens with one attached hydrogen (secondary N) is 1. The zero-order valence-corrected chi connectivity index (χ0v) is 11.0. The van der Waals surface area contributed by atoms with Crippen LogP contribution in [0.3, 0.4) is 0 Å². The highest BCUT2D eigenvalue weighted by molar-refractivity contribution is 7.89. The van der Waals surface area contributed by atoms with Gasteiger partial charge in [-0.3, -0.25) is 10.1 Å². The van der Waals surface area contributed by atoms with Crippen LogP contribution in [0.5, 0.6) is 0 Å². The van der Waals surface area contributed by atoms with E-state index in [-0.39, 0.29) is 17.1 Å². The van der Waals surface area contributed by atoms with E-state index in [1.807, 2.05) is 0 Å². The Kier molecular flexibility index (Phi) is 3.72. The summed E-state index contributed by atoms with van der Waals surface area (Å²) in [5.41, 5.74) is 4.86. The molecule has 0 fully saturated rings. The molecule has 0 amide bonds. The van der Waals surface area contributed by atoms with Gasteiger partial charge in [0.25, 0.3) is 5.69 Å². The van der Waals surface area contributed by atoms with Crippen LogP contribution in [-0.4, -0.2) is 13.3 Å². The minimum atomic E-state index is -3.88. The number of benzene rings is 1. The van der Waals surface area contributed by atoms with E-state index in [1.165, 1.54) is 18.4 Å². The number of hydrogen-bond donors (Lipinski definition) is 2. The van der Waals surface area contributed by atoms with Gasteiger partial charge in [0.05, 0.1) is 22.6 Å². The van der Waals surface area contributed by atoms with E-state index < -0.39 is 20.6 Å². The molecule has 0 spiro atoms. The maximum atomic E-state index is 12.0. The Bertz CT molecular complexity index is 725. The Morgan fingerprint density at radius 1 is 1.35 bits per heavy atom. The molecule has 9 heteroatoms. The van der Waals surface area contributed by atoms with Gasteiger partial charge in [-0.2, -0.15) is 0 Å². The largest absolute Gasteiger partial charge is 0.468 e. The number of nitro groups is 1. The summed E-state index contributed by atoms with van der Waals surface area (Å²) < 4.78 is 31.3. The molecule has 0 aliphatic rings. The van der Waals surface area contributed by atoms with E-state index in [1.54, 1.807) is 12.1 Å². The highest BCUT2D eigenvalue weighted by Crippen LogP contribution is 2.24. The molecule has 0 radical (unpaired) electrons. The van der Waals surface area contributed by atoms with Crippen LogP contribution in [0.2, 0.25) is 0 Å². The molecule has 2 aromatic rings. The summed E-state index contributed by atoms with van der Waals surface area (Å²) in [6, 6.07) is 6.53. The van der Waals surface area contributed by atoms with Crippen molar-refractivity contribution in [1.82, 2.24) is 4.72 Å². The molecule has 8 nitrogen and oxygen atoms in total. The van der Waals surface area contributed by atoms with E-state index in [0.29, 0.717) is 5.76 Å². The molecule has 0 aliphatic heterocycles. The molecule has 1 aromatic carbocycles. The lowest BCUT2D eigenvalue weighted by Gasteiger charge is -2.06. The van der Waals surface area contributed by atoms with E-state index in [2.05, 4.69) is 4.72 Å². The quantitative estimate of drug-likeness (QED) is 0.485. The summed E-state index contributed by atoms with van der Waals surface area (Å²) in [6.07, 6.45) is 1.41. The van der Waals surface area contributed by atoms with Crippen LogP contribution in [-0.2, 0) is 16.6 Å². The van der Waals surface area contributed by atoms with Gasteiger partial charge in [0.1, 0.15) is 11.4 Å². The number of anilines is 1. The first kappa shape index (κ1) is 14.0. The van der Waals surface area contributed by atoms with Crippen molar-refractivity contribution in [3.8, 4) is 0 Å². The molecule has 0 aliphatic carbocycles. The molecule has 0 unspecified atom stereocenters. The second-order valence-electron chi connectivity index (χ2n) is 3.88. The van der Waals surface area contributed by atoms with Gasteiger partial charge in [-0.15, -0.1) is 0 Å². The van der Waals surface area contributed by atoms with Crippen molar-refractivity contribution >= 4 is 21.4 Å². The first-order chi connectivity index (χ1) is 9.40. The first-order valence-electron chi connectivity index (χ1n) is 5.46. The summed E-state index contributed by atoms with van der Waals surface area (Å²) in [7, 11) is -3.88. The van der Waals surface area contributed by atoms with Crippen LogP contribution in [0.4, 0.5) is 11.4 Å². The minimum absolute atomic E-state index is 0.0481. The maximum Gasteiger partial charge on any atom is 0.293 e. The second-order valence-corrected chi connectivity index (χ2v) is 5.65. The van der Waals surface area contributed by atoms with Crippen LogP contribution < -0.4 is 10.5 Å². The van der Waals surface area contributed by atoms with Gasteiger partial charge in [0.2, 0.25) is 10.0 Å². The molecular formula is C11H11N3O5S. The van der Waals surface area contributed by atoms with Crippen molar-refractivity contribution in [3.63, 3.8) is 0 Å². The Hall–Kier alpha value is -2.39. The van der Waals surface area contributed by atoms with Crippen molar-refractivity contribution in [2.75, 3.05) is 5.73 Å². The summed E-state index contributed by atoms with van der Waals surface area (Å²) in [5.74, 6) is 0.429. The van der Waals surface area contributed by atoms with Gasteiger partial charge >= 0.3 is 0 Å². The number of rotatable bonds is 5. The summed E-state index contributed by atoms with van der Waals surface area (Å²) in [4.78, 5) is 9.77. The van der Waals surface area contributed by atoms with E-state index in [0.717, 1.165) is 6.07 Å². The molecule has 0 bridgehead atoms. The SMILES string of the molecule is Nc1ccc(S(=O)(=O)NCc2ccco2)cc1[N+](=O)[O-]. The third-order valence-corrected chi connectivity index (χ3v) is 3.92. The topological polar surface area (TPSA) is 128 Å². The van der Waals surface area contributed by atoms with Gasteiger partial charge in [-0.05, 0) is 24.3 Å². The predicted molar refractivity (Wildman–Crippen MR) is 70.2 cm³/mol. The van der Waals surface area contributed by atoms with E-state index in [9.17, 15) is 18.5 Å². The van der Waals surface area contributed by atoms with Crippen molar-refractivity contribution in [2.45, 2.75) is 11.4 Å². The third kappa shape index (κ3) is 2.95. The van der Waals surface area contributed by atoms with Crippen LogP contribution in [0, 0.1) is 10.1 Å². The molecule has 0 saturated heterocycles. The molecule has 0 saturated carbocycles. The van der Waals surface area contributed by atoms with Gasteiger partial charge < -0.3 is 10.2 Å². The highest BCUT2D eigenvalue weighted by Gasteiger charge is 2.20. The molecule has 106 valence electrons. The molecule has 3 N–H and O–H groups in total. The van der Waals surface area contributed by atoms with Gasteiger partial charge in [0, 0.05) is 6.07 Å². The summed E-state index contributed by atoms with van der Waals surface area (Å²) in [6.45, 7) is -0.0481. The molecule has 0 atom stereocenters. The number of hydrogen-bond acceptors (Lipinski definition) is 6. The van der Waals surface area contributed by atoms with Crippen LogP contribution in [0.15, 0.2) is 45.9 Å². The van der Waals surface area contributed by atoms with Crippen LogP contribution in [0.1, 0.15) is 5.76 Å². The normalized spacial score (nSPS) is 11.4. The fraction of sp³-hybridized carbons (Fsp3) is 0.0909. The number of nitrogen functional groups attached to an aromatic ring is 1. The van der Waals surface area contributed by atoms with Crippen molar-refractivity contribution in [3.05, 3.63) is 52.5 Å². The second kappa shape index (κ2) is 5.31. The van der Waals surface area contributed by atoms with Crippen LogP contribution in [0.25, 0.3) is 0 Å².